The highest BCUT2D eigenvalue weighted by molar-refractivity contribution is 5.90. The molecule has 0 aliphatic carbocycles. The topological polar surface area (TPSA) is 85.2 Å². The van der Waals surface area contributed by atoms with Crippen molar-refractivity contribution in [3.63, 3.8) is 0 Å². The summed E-state index contributed by atoms with van der Waals surface area (Å²) in [5.74, 6) is 1.10. The lowest BCUT2D eigenvalue weighted by Gasteiger charge is -2.29. The molecule has 26 heavy (non-hydrogen) atoms. The normalized spacial score (nSPS) is 13.6. The monoisotopic (exact) mass is 348 g/mol. The van der Waals surface area contributed by atoms with E-state index in [2.05, 4.69) is 29.4 Å². The van der Waals surface area contributed by atoms with E-state index in [-0.39, 0.29) is 11.7 Å². The summed E-state index contributed by atoms with van der Waals surface area (Å²) in [6, 6.07) is 13.0. The highest BCUT2D eigenvalue weighted by Crippen LogP contribution is 2.18. The minimum Gasteiger partial charge on any atom is -0.328 e. The van der Waals surface area contributed by atoms with Crippen LogP contribution in [0.15, 0.2) is 48.8 Å². The molecule has 7 nitrogen and oxygen atoms in total. The predicted molar refractivity (Wildman–Crippen MR) is 99.5 cm³/mol. The smallest absolute Gasteiger partial charge is 0.325 e. The second kappa shape index (κ2) is 7.66. The van der Waals surface area contributed by atoms with Crippen LogP contribution in [-0.2, 0) is 0 Å². The summed E-state index contributed by atoms with van der Waals surface area (Å²) in [5, 5.41) is 19.5. The lowest BCUT2D eigenvalue weighted by atomic mass is 10.0. The zero-order valence-corrected chi connectivity index (χ0v) is 14.8. The van der Waals surface area contributed by atoms with Crippen molar-refractivity contribution >= 4 is 17.5 Å². The first-order valence-corrected chi connectivity index (χ1v) is 8.43. The SMILES string of the molecule is CC(C)c1ccc(NC(=O)N2C=CN(c3ccc(C#N)nn3)CC2)cc1. The predicted octanol–water partition coefficient (Wildman–Crippen LogP) is 3.30. The minimum atomic E-state index is -0.177. The first-order chi connectivity index (χ1) is 12.6. The van der Waals surface area contributed by atoms with Gasteiger partial charge in [-0.25, -0.2) is 4.79 Å². The van der Waals surface area contributed by atoms with Gasteiger partial charge in [-0.3, -0.25) is 4.90 Å². The summed E-state index contributed by atoms with van der Waals surface area (Å²) in [5.41, 5.74) is 2.28. The standard InChI is InChI=1S/C19H20N6O/c1-14(2)15-3-5-16(6-4-15)21-19(26)25-11-9-24(10-12-25)18-8-7-17(13-20)22-23-18/h3-9,11,14H,10,12H2,1-2H3,(H,21,26). The molecular formula is C19H20N6O. The van der Waals surface area contributed by atoms with Crippen LogP contribution in [0.3, 0.4) is 0 Å². The van der Waals surface area contributed by atoms with Crippen LogP contribution in [0.4, 0.5) is 16.3 Å². The van der Waals surface area contributed by atoms with Crippen LogP contribution in [0.2, 0.25) is 0 Å². The summed E-state index contributed by atoms with van der Waals surface area (Å²) in [6.07, 6.45) is 3.49. The molecule has 0 spiro atoms. The number of amides is 2. The molecular weight excluding hydrogens is 328 g/mol. The zero-order valence-electron chi connectivity index (χ0n) is 14.8. The van der Waals surface area contributed by atoms with Crippen LogP contribution >= 0.6 is 0 Å². The average Bonchev–Trinajstić information content (AvgIpc) is 2.68. The Morgan fingerprint density at radius 2 is 1.88 bits per heavy atom. The fraction of sp³-hybridized carbons (Fsp3) is 0.263. The molecule has 0 atom stereocenters. The number of benzene rings is 1. The molecule has 2 heterocycles. The third-order valence-corrected chi connectivity index (χ3v) is 4.16. The lowest BCUT2D eigenvalue weighted by Crippen LogP contribution is -2.40. The van der Waals surface area contributed by atoms with Gasteiger partial charge < -0.3 is 10.2 Å². The number of hydrogen-bond donors (Lipinski definition) is 1. The quantitative estimate of drug-likeness (QED) is 0.920. The number of carbonyl (C=O) groups excluding carboxylic acids is 1. The number of urea groups is 1. The van der Waals surface area contributed by atoms with Crippen molar-refractivity contribution in [1.29, 1.82) is 5.26 Å². The molecule has 1 aromatic carbocycles. The number of rotatable bonds is 3. The van der Waals surface area contributed by atoms with Gasteiger partial charge in [0.2, 0.25) is 0 Å². The van der Waals surface area contributed by atoms with E-state index in [4.69, 9.17) is 5.26 Å². The fourth-order valence-electron chi connectivity index (χ4n) is 2.57. The summed E-state index contributed by atoms with van der Waals surface area (Å²) < 4.78 is 0. The van der Waals surface area contributed by atoms with Crippen LogP contribution in [0.1, 0.15) is 31.0 Å². The first-order valence-electron chi connectivity index (χ1n) is 8.43. The maximum atomic E-state index is 12.4. The molecule has 1 aromatic heterocycles. The number of nitrogens with one attached hydrogen (secondary N) is 1. The van der Waals surface area contributed by atoms with Gasteiger partial charge in [0.05, 0.1) is 0 Å². The van der Waals surface area contributed by atoms with Crippen LogP contribution < -0.4 is 10.2 Å². The Labute approximate surface area is 152 Å². The third kappa shape index (κ3) is 3.98. The van der Waals surface area contributed by atoms with Crippen molar-refractivity contribution in [2.45, 2.75) is 19.8 Å². The van der Waals surface area contributed by atoms with E-state index in [1.54, 1.807) is 29.4 Å². The van der Waals surface area contributed by atoms with Crippen LogP contribution in [0.5, 0.6) is 0 Å². The summed E-state index contributed by atoms with van der Waals surface area (Å²) in [4.78, 5) is 15.9. The number of aromatic nitrogens is 2. The Balaban J connectivity index is 1.60. The number of hydrogen-bond acceptors (Lipinski definition) is 5. The number of anilines is 2. The Hall–Kier alpha value is -3.40. The fourth-order valence-corrected chi connectivity index (χ4v) is 2.57. The van der Waals surface area contributed by atoms with Gasteiger partial charge in [0.25, 0.3) is 0 Å². The van der Waals surface area contributed by atoms with Gasteiger partial charge >= 0.3 is 6.03 Å². The van der Waals surface area contributed by atoms with Crippen LogP contribution in [0.25, 0.3) is 0 Å². The Kier molecular flexibility index (Phi) is 5.13. The molecule has 0 saturated carbocycles. The van der Waals surface area contributed by atoms with Gasteiger partial charge in [-0.1, -0.05) is 26.0 Å². The molecule has 7 heteroatoms. The van der Waals surface area contributed by atoms with Crippen molar-refractivity contribution in [1.82, 2.24) is 15.1 Å². The van der Waals surface area contributed by atoms with Crippen molar-refractivity contribution in [3.05, 3.63) is 60.1 Å². The van der Waals surface area contributed by atoms with Gasteiger partial charge in [0, 0.05) is 31.2 Å². The molecule has 3 rings (SSSR count). The Morgan fingerprint density at radius 1 is 1.12 bits per heavy atom. The van der Waals surface area contributed by atoms with Crippen LogP contribution in [0, 0.1) is 11.3 Å². The molecule has 0 saturated heterocycles. The Bertz CT molecular complexity index is 836. The van der Waals surface area contributed by atoms with E-state index in [1.165, 1.54) is 5.56 Å². The number of carbonyl (C=O) groups is 1. The largest absolute Gasteiger partial charge is 0.328 e. The summed E-state index contributed by atoms with van der Waals surface area (Å²) >= 11 is 0. The van der Waals surface area contributed by atoms with E-state index in [0.29, 0.717) is 24.8 Å². The maximum Gasteiger partial charge on any atom is 0.325 e. The second-order valence-electron chi connectivity index (χ2n) is 6.28. The Morgan fingerprint density at radius 3 is 2.42 bits per heavy atom. The first kappa shape index (κ1) is 17.4. The molecule has 1 aliphatic rings. The van der Waals surface area contributed by atoms with E-state index >= 15 is 0 Å². The highest BCUT2D eigenvalue weighted by Gasteiger charge is 2.18. The molecule has 132 valence electrons. The maximum absolute atomic E-state index is 12.4. The summed E-state index contributed by atoms with van der Waals surface area (Å²) in [6.45, 7) is 5.39. The lowest BCUT2D eigenvalue weighted by molar-refractivity contribution is 0.228. The minimum absolute atomic E-state index is 0.177. The molecule has 0 fully saturated rings. The van der Waals surface area contributed by atoms with Crippen LogP contribution in [-0.4, -0.2) is 34.2 Å². The van der Waals surface area contributed by atoms with Crippen molar-refractivity contribution in [2.24, 2.45) is 0 Å². The highest BCUT2D eigenvalue weighted by atomic mass is 16.2. The van der Waals surface area contributed by atoms with Gasteiger partial charge in [-0.15, -0.1) is 10.2 Å². The van der Waals surface area contributed by atoms with Gasteiger partial charge in [0.15, 0.2) is 11.5 Å². The van der Waals surface area contributed by atoms with E-state index in [0.717, 1.165) is 5.69 Å². The van der Waals surface area contributed by atoms with Gasteiger partial charge in [-0.05, 0) is 35.7 Å². The molecule has 1 N–H and O–H groups in total. The van der Waals surface area contributed by atoms with Gasteiger partial charge in [0.1, 0.15) is 6.07 Å². The van der Waals surface area contributed by atoms with Crippen molar-refractivity contribution in [3.8, 4) is 6.07 Å². The molecule has 2 amide bonds. The van der Waals surface area contributed by atoms with E-state index in [9.17, 15) is 4.79 Å². The molecule has 0 radical (unpaired) electrons. The van der Waals surface area contributed by atoms with E-state index < -0.39 is 0 Å². The molecule has 1 aliphatic heterocycles. The van der Waals surface area contributed by atoms with Gasteiger partial charge in [-0.2, -0.15) is 5.26 Å². The zero-order chi connectivity index (χ0) is 18.5. The third-order valence-electron chi connectivity index (χ3n) is 4.16. The van der Waals surface area contributed by atoms with E-state index in [1.807, 2.05) is 35.2 Å². The van der Waals surface area contributed by atoms with Crippen molar-refractivity contribution in [2.75, 3.05) is 23.3 Å². The molecule has 0 unspecified atom stereocenters. The van der Waals surface area contributed by atoms with Crippen molar-refractivity contribution < 1.29 is 4.79 Å². The summed E-state index contributed by atoms with van der Waals surface area (Å²) in [7, 11) is 0. The molecule has 2 aromatic rings. The number of nitrogens with zero attached hydrogens (tertiary/aromatic N) is 5. The molecule has 0 bridgehead atoms. The number of nitriles is 1. The average molecular weight is 348 g/mol. The second-order valence-corrected chi connectivity index (χ2v) is 6.28.